The first-order chi connectivity index (χ1) is 8.94. The molecule has 2 rings (SSSR count). The number of rotatable bonds is 0. The average molecular weight is 302 g/mol. The number of ether oxygens (including phenoxy) is 1. The maximum atomic E-state index is 13.6. The molecule has 0 amide bonds. The quantitative estimate of drug-likeness (QED) is 0.420. The number of carbonyl (C=O) groups is 2. The molecule has 108 valence electrons. The van der Waals surface area contributed by atoms with Gasteiger partial charge in [-0.2, -0.15) is 26.3 Å². The van der Waals surface area contributed by atoms with Crippen LogP contribution in [0.4, 0.5) is 30.7 Å². The van der Waals surface area contributed by atoms with Crippen molar-refractivity contribution >= 4 is 11.9 Å². The van der Waals surface area contributed by atoms with Crippen LogP contribution in [0.1, 0.15) is 31.8 Å². The van der Waals surface area contributed by atoms with E-state index in [0.29, 0.717) is 0 Å². The predicted octanol–water partition coefficient (Wildman–Crippen LogP) is 3.17. The van der Waals surface area contributed by atoms with Gasteiger partial charge in [0.25, 0.3) is 0 Å². The predicted molar refractivity (Wildman–Crippen MR) is 46.1 cm³/mol. The van der Waals surface area contributed by atoms with Crippen LogP contribution in [0.3, 0.4) is 0 Å². The number of carbonyl (C=O) groups excluding carboxylic acids is 2. The molecule has 0 fully saturated rings. The Bertz CT molecular complexity index is 627. The number of cyclic esters (lactones) is 2. The van der Waals surface area contributed by atoms with E-state index in [4.69, 9.17) is 0 Å². The first-order valence-electron chi connectivity index (χ1n) is 4.72. The summed E-state index contributed by atoms with van der Waals surface area (Å²) in [6.07, 6.45) is -11.3. The van der Waals surface area contributed by atoms with Crippen molar-refractivity contribution in [2.45, 2.75) is 12.4 Å². The number of esters is 2. The van der Waals surface area contributed by atoms with Crippen molar-refractivity contribution in [2.24, 2.45) is 0 Å². The molecule has 1 heterocycles. The van der Waals surface area contributed by atoms with Gasteiger partial charge in [0.15, 0.2) is 5.82 Å². The third kappa shape index (κ3) is 2.00. The Kier molecular flexibility index (Phi) is 2.81. The van der Waals surface area contributed by atoms with E-state index in [-0.39, 0.29) is 6.07 Å². The third-order valence-corrected chi connectivity index (χ3v) is 2.46. The van der Waals surface area contributed by atoms with Crippen molar-refractivity contribution in [1.29, 1.82) is 0 Å². The zero-order chi connectivity index (χ0) is 15.5. The molecule has 0 spiro atoms. The molecule has 0 saturated carbocycles. The second-order valence-electron chi connectivity index (χ2n) is 3.71. The Morgan fingerprint density at radius 2 is 1.45 bits per heavy atom. The van der Waals surface area contributed by atoms with E-state index < -0.39 is 52.4 Å². The lowest BCUT2D eigenvalue weighted by molar-refractivity contribution is -0.163. The molecule has 1 aliphatic heterocycles. The molecular formula is C10HF7O3. The fourth-order valence-corrected chi connectivity index (χ4v) is 1.70. The van der Waals surface area contributed by atoms with Gasteiger partial charge in [0.2, 0.25) is 0 Å². The molecule has 0 radical (unpaired) electrons. The summed E-state index contributed by atoms with van der Waals surface area (Å²) in [4.78, 5) is 22.0. The van der Waals surface area contributed by atoms with Gasteiger partial charge in [-0.15, -0.1) is 0 Å². The van der Waals surface area contributed by atoms with Crippen molar-refractivity contribution < 1.29 is 45.1 Å². The molecule has 10 heteroatoms. The fourth-order valence-electron chi connectivity index (χ4n) is 1.70. The second-order valence-corrected chi connectivity index (χ2v) is 3.71. The average Bonchev–Trinajstić information content (AvgIpc) is 2.51. The topological polar surface area (TPSA) is 43.4 Å². The van der Waals surface area contributed by atoms with Crippen molar-refractivity contribution in [3.05, 3.63) is 34.1 Å². The van der Waals surface area contributed by atoms with E-state index in [1.165, 1.54) is 0 Å². The van der Waals surface area contributed by atoms with Gasteiger partial charge >= 0.3 is 24.3 Å². The zero-order valence-corrected chi connectivity index (χ0v) is 8.95. The standard InChI is InChI=1S/C10HF7O3/c11-6-4-2(7(18)20-8(4)19)1-3(9(12,13)14)5(6)10(15,16)17/h1H. The summed E-state index contributed by atoms with van der Waals surface area (Å²) in [6.45, 7) is 0. The molecule has 0 saturated heterocycles. The number of halogens is 7. The fraction of sp³-hybridized carbons (Fsp3) is 0.200. The molecular weight excluding hydrogens is 301 g/mol. The Morgan fingerprint density at radius 3 is 1.90 bits per heavy atom. The summed E-state index contributed by atoms with van der Waals surface area (Å²) in [5.74, 6) is -5.87. The van der Waals surface area contributed by atoms with Crippen LogP contribution in [0, 0.1) is 5.82 Å². The zero-order valence-electron chi connectivity index (χ0n) is 8.95. The number of fused-ring (bicyclic) bond motifs is 1. The van der Waals surface area contributed by atoms with Crippen LogP contribution < -0.4 is 0 Å². The molecule has 1 aromatic carbocycles. The van der Waals surface area contributed by atoms with Crippen LogP contribution in [0.2, 0.25) is 0 Å². The summed E-state index contributed by atoms with van der Waals surface area (Å²) >= 11 is 0. The largest absolute Gasteiger partial charge is 0.419 e. The molecule has 0 bridgehead atoms. The first kappa shape index (κ1) is 14.3. The van der Waals surface area contributed by atoms with Crippen molar-refractivity contribution in [3.8, 4) is 0 Å². The maximum Gasteiger partial charge on any atom is 0.419 e. The monoisotopic (exact) mass is 302 g/mol. The van der Waals surface area contributed by atoms with Gasteiger partial charge in [0, 0.05) is 0 Å². The highest BCUT2D eigenvalue weighted by atomic mass is 19.4. The molecule has 1 aliphatic rings. The minimum absolute atomic E-state index is 0.242. The Hall–Kier alpha value is -2.13. The highest BCUT2D eigenvalue weighted by Gasteiger charge is 2.49. The van der Waals surface area contributed by atoms with Crippen LogP contribution in [-0.2, 0) is 17.1 Å². The van der Waals surface area contributed by atoms with Crippen molar-refractivity contribution in [2.75, 3.05) is 0 Å². The number of hydrogen-bond acceptors (Lipinski definition) is 3. The van der Waals surface area contributed by atoms with Gasteiger partial charge in [-0.3, -0.25) is 0 Å². The number of benzene rings is 1. The molecule has 0 aromatic heterocycles. The Labute approximate surface area is 104 Å². The number of hydrogen-bond donors (Lipinski definition) is 0. The van der Waals surface area contributed by atoms with Gasteiger partial charge in [-0.25, -0.2) is 14.0 Å². The minimum atomic E-state index is -5.70. The van der Waals surface area contributed by atoms with E-state index in [1.54, 1.807) is 0 Å². The van der Waals surface area contributed by atoms with Crippen LogP contribution in [0.25, 0.3) is 0 Å². The summed E-state index contributed by atoms with van der Waals surface area (Å²) < 4.78 is 92.7. The van der Waals surface area contributed by atoms with Gasteiger partial charge < -0.3 is 4.74 Å². The van der Waals surface area contributed by atoms with E-state index >= 15 is 0 Å². The Morgan fingerprint density at radius 1 is 0.900 bits per heavy atom. The van der Waals surface area contributed by atoms with Gasteiger partial charge in [-0.1, -0.05) is 0 Å². The SMILES string of the molecule is O=C1OC(=O)c2c1cc(C(F)(F)F)c(C(F)(F)F)c2F. The summed E-state index contributed by atoms with van der Waals surface area (Å²) in [7, 11) is 0. The molecule has 3 nitrogen and oxygen atoms in total. The van der Waals surface area contributed by atoms with E-state index in [2.05, 4.69) is 4.74 Å². The van der Waals surface area contributed by atoms with Gasteiger partial charge in [-0.05, 0) is 6.07 Å². The highest BCUT2D eigenvalue weighted by molar-refractivity contribution is 6.15. The smallest absolute Gasteiger partial charge is 0.386 e. The lowest BCUT2D eigenvalue weighted by Crippen LogP contribution is -2.21. The molecule has 20 heavy (non-hydrogen) atoms. The van der Waals surface area contributed by atoms with Crippen LogP contribution in [0.15, 0.2) is 6.07 Å². The molecule has 0 unspecified atom stereocenters. The van der Waals surface area contributed by atoms with E-state index in [1.807, 2.05) is 0 Å². The van der Waals surface area contributed by atoms with Crippen LogP contribution >= 0.6 is 0 Å². The summed E-state index contributed by atoms with van der Waals surface area (Å²) in [6, 6.07) is -0.242. The van der Waals surface area contributed by atoms with Gasteiger partial charge in [0.1, 0.15) is 11.1 Å². The molecule has 0 atom stereocenters. The van der Waals surface area contributed by atoms with Crippen molar-refractivity contribution in [3.63, 3.8) is 0 Å². The summed E-state index contributed by atoms with van der Waals surface area (Å²) in [5, 5.41) is 0. The van der Waals surface area contributed by atoms with Crippen LogP contribution in [-0.4, -0.2) is 11.9 Å². The molecule has 0 aliphatic carbocycles. The van der Waals surface area contributed by atoms with Gasteiger partial charge in [0.05, 0.1) is 11.1 Å². The minimum Gasteiger partial charge on any atom is -0.386 e. The molecule has 1 aromatic rings. The maximum absolute atomic E-state index is 13.6. The second kappa shape index (κ2) is 3.93. The van der Waals surface area contributed by atoms with Crippen molar-refractivity contribution in [1.82, 2.24) is 0 Å². The summed E-state index contributed by atoms with van der Waals surface area (Å²) in [5.41, 5.74) is -7.69. The number of alkyl halides is 6. The van der Waals surface area contributed by atoms with E-state index in [9.17, 15) is 40.3 Å². The van der Waals surface area contributed by atoms with Crippen LogP contribution in [0.5, 0.6) is 0 Å². The lowest BCUT2D eigenvalue weighted by atomic mass is 9.97. The van der Waals surface area contributed by atoms with E-state index in [0.717, 1.165) is 0 Å². The Balaban J connectivity index is 2.91. The third-order valence-electron chi connectivity index (χ3n) is 2.46. The molecule has 0 N–H and O–H groups in total. The lowest BCUT2D eigenvalue weighted by Gasteiger charge is -2.17. The normalized spacial score (nSPS) is 15.3. The highest BCUT2D eigenvalue weighted by Crippen LogP contribution is 2.44. The first-order valence-corrected chi connectivity index (χ1v) is 4.72.